The van der Waals surface area contributed by atoms with Crippen molar-refractivity contribution in [2.24, 2.45) is 23.5 Å². The fourth-order valence-electron chi connectivity index (χ4n) is 3.78. The Morgan fingerprint density at radius 3 is 2.22 bits per heavy atom. The third kappa shape index (κ3) is 2.29. The summed E-state index contributed by atoms with van der Waals surface area (Å²) in [6.07, 6.45) is 6.34. The van der Waals surface area contributed by atoms with E-state index in [4.69, 9.17) is 28.9 Å². The van der Waals surface area contributed by atoms with Crippen molar-refractivity contribution in [3.63, 3.8) is 0 Å². The molecule has 2 aliphatic carbocycles. The fourth-order valence-corrected chi connectivity index (χ4v) is 4.33. The van der Waals surface area contributed by atoms with E-state index in [0.29, 0.717) is 5.92 Å². The normalized spacial score (nSPS) is 31.8. The van der Waals surface area contributed by atoms with Crippen LogP contribution >= 0.6 is 23.2 Å². The summed E-state index contributed by atoms with van der Waals surface area (Å²) in [5, 5.41) is 1.50. The topological polar surface area (TPSA) is 26.0 Å². The first-order valence-electron chi connectivity index (χ1n) is 6.87. The van der Waals surface area contributed by atoms with E-state index >= 15 is 0 Å². The van der Waals surface area contributed by atoms with Gasteiger partial charge in [0.05, 0.1) is 0 Å². The van der Waals surface area contributed by atoms with Crippen LogP contribution in [0.4, 0.5) is 0 Å². The number of nitrogens with two attached hydrogens (primary N) is 1. The van der Waals surface area contributed by atoms with E-state index in [1.54, 1.807) is 0 Å². The van der Waals surface area contributed by atoms with E-state index in [2.05, 4.69) is 0 Å². The molecule has 2 fully saturated rings. The lowest BCUT2D eigenvalue weighted by Gasteiger charge is -2.14. The van der Waals surface area contributed by atoms with Gasteiger partial charge in [-0.05, 0) is 54.7 Å². The maximum absolute atomic E-state index is 6.39. The lowest BCUT2D eigenvalue weighted by atomic mass is 10.0. The first-order chi connectivity index (χ1) is 8.68. The van der Waals surface area contributed by atoms with Crippen molar-refractivity contribution in [2.45, 2.75) is 38.1 Å². The van der Waals surface area contributed by atoms with E-state index in [-0.39, 0.29) is 6.04 Å². The van der Waals surface area contributed by atoms with Gasteiger partial charge < -0.3 is 5.73 Å². The summed E-state index contributed by atoms with van der Waals surface area (Å²) >= 11 is 12.4. The van der Waals surface area contributed by atoms with Gasteiger partial charge in [0, 0.05) is 16.1 Å². The third-order valence-electron chi connectivity index (χ3n) is 4.72. The molecule has 0 amide bonds. The summed E-state index contributed by atoms with van der Waals surface area (Å²) in [6.45, 7) is 0. The Morgan fingerprint density at radius 2 is 1.67 bits per heavy atom. The molecule has 1 aromatic carbocycles. The van der Waals surface area contributed by atoms with Gasteiger partial charge in [0.25, 0.3) is 0 Å². The molecule has 3 heteroatoms. The minimum Gasteiger partial charge on any atom is -0.327 e. The lowest BCUT2D eigenvalue weighted by Crippen LogP contribution is -2.27. The Balaban J connectivity index is 1.70. The number of benzene rings is 1. The maximum atomic E-state index is 6.39. The molecule has 0 radical (unpaired) electrons. The van der Waals surface area contributed by atoms with Gasteiger partial charge in [-0.3, -0.25) is 0 Å². The first-order valence-corrected chi connectivity index (χ1v) is 7.62. The summed E-state index contributed by atoms with van der Waals surface area (Å²) in [7, 11) is 0. The Hall–Kier alpha value is -0.240. The van der Waals surface area contributed by atoms with Gasteiger partial charge in [-0.15, -0.1) is 0 Å². The molecule has 2 N–H and O–H groups in total. The highest BCUT2D eigenvalue weighted by atomic mass is 35.5. The summed E-state index contributed by atoms with van der Waals surface area (Å²) < 4.78 is 0. The van der Waals surface area contributed by atoms with Gasteiger partial charge in [-0.2, -0.15) is 0 Å². The van der Waals surface area contributed by atoms with E-state index in [9.17, 15) is 0 Å². The largest absolute Gasteiger partial charge is 0.327 e. The molecule has 0 bridgehead atoms. The molecule has 3 atom stereocenters. The molecule has 0 spiro atoms. The van der Waals surface area contributed by atoms with Gasteiger partial charge in [0.15, 0.2) is 0 Å². The van der Waals surface area contributed by atoms with Crippen LogP contribution in [0.2, 0.25) is 10.0 Å². The van der Waals surface area contributed by atoms with Crippen molar-refractivity contribution in [3.05, 3.63) is 33.8 Å². The molecule has 18 heavy (non-hydrogen) atoms. The molecular weight excluding hydrogens is 265 g/mol. The smallest absolute Gasteiger partial charge is 0.0453 e. The Morgan fingerprint density at radius 1 is 1.11 bits per heavy atom. The summed E-state index contributed by atoms with van der Waals surface area (Å²) in [5.41, 5.74) is 7.42. The van der Waals surface area contributed by atoms with E-state index < -0.39 is 0 Å². The minimum absolute atomic E-state index is 0.218. The molecule has 1 aromatic rings. The lowest BCUT2D eigenvalue weighted by molar-refractivity contribution is 0.480. The van der Waals surface area contributed by atoms with E-state index in [0.717, 1.165) is 33.9 Å². The molecule has 98 valence electrons. The van der Waals surface area contributed by atoms with Crippen molar-refractivity contribution in [3.8, 4) is 0 Å². The Kier molecular flexibility index (Phi) is 3.57. The first kappa shape index (κ1) is 12.8. The van der Waals surface area contributed by atoms with Crippen LogP contribution in [0.3, 0.4) is 0 Å². The molecule has 0 aliphatic heterocycles. The third-order valence-corrected chi connectivity index (χ3v) is 5.43. The highest BCUT2D eigenvalue weighted by Gasteiger charge is 2.52. The van der Waals surface area contributed by atoms with Crippen LogP contribution in [0, 0.1) is 17.8 Å². The number of rotatable bonds is 3. The molecule has 2 saturated carbocycles. The van der Waals surface area contributed by atoms with Gasteiger partial charge >= 0.3 is 0 Å². The van der Waals surface area contributed by atoms with Crippen molar-refractivity contribution >= 4 is 23.2 Å². The average molecular weight is 284 g/mol. The zero-order valence-electron chi connectivity index (χ0n) is 10.4. The summed E-state index contributed by atoms with van der Waals surface area (Å²) in [5.74, 6) is 2.48. The Bertz CT molecular complexity index is 414. The van der Waals surface area contributed by atoms with Crippen LogP contribution in [-0.2, 0) is 6.42 Å². The monoisotopic (exact) mass is 283 g/mol. The number of fused-ring (bicyclic) bond motifs is 1. The maximum Gasteiger partial charge on any atom is 0.0453 e. The number of hydrogen-bond acceptors (Lipinski definition) is 1. The zero-order valence-corrected chi connectivity index (χ0v) is 11.9. The number of halogens is 2. The minimum atomic E-state index is 0.218. The molecule has 0 heterocycles. The molecule has 2 aliphatic rings. The van der Waals surface area contributed by atoms with E-state index in [1.807, 2.05) is 18.2 Å². The second kappa shape index (κ2) is 5.03. The van der Waals surface area contributed by atoms with Crippen molar-refractivity contribution in [1.29, 1.82) is 0 Å². The molecule has 1 nitrogen and oxygen atoms in total. The number of hydrogen-bond donors (Lipinski definition) is 1. The molecule has 3 rings (SSSR count). The van der Waals surface area contributed by atoms with Crippen molar-refractivity contribution in [2.75, 3.05) is 0 Å². The van der Waals surface area contributed by atoms with Crippen LogP contribution in [0.15, 0.2) is 18.2 Å². The van der Waals surface area contributed by atoms with Crippen LogP contribution in [0.1, 0.15) is 31.2 Å². The van der Waals surface area contributed by atoms with Crippen LogP contribution in [0.25, 0.3) is 0 Å². The second-order valence-corrected chi connectivity index (χ2v) is 6.57. The van der Waals surface area contributed by atoms with Gasteiger partial charge in [0.2, 0.25) is 0 Å². The standard InChI is InChI=1S/C15H19Cl2N/c16-12-6-3-7-13(17)11(12)8-14(18)15-9-4-1-2-5-10(9)15/h3,6-7,9-10,14-15H,1-2,4-5,8,18H2. The van der Waals surface area contributed by atoms with Gasteiger partial charge in [-0.25, -0.2) is 0 Å². The summed E-state index contributed by atoms with van der Waals surface area (Å²) in [4.78, 5) is 0. The van der Waals surface area contributed by atoms with Crippen molar-refractivity contribution in [1.82, 2.24) is 0 Å². The van der Waals surface area contributed by atoms with Gasteiger partial charge in [0.1, 0.15) is 0 Å². The molecular formula is C15H19Cl2N. The van der Waals surface area contributed by atoms with Crippen LogP contribution < -0.4 is 5.73 Å². The predicted molar refractivity (Wildman–Crippen MR) is 77.1 cm³/mol. The molecule has 0 aromatic heterocycles. The molecule has 0 saturated heterocycles. The second-order valence-electron chi connectivity index (χ2n) is 5.76. The summed E-state index contributed by atoms with van der Waals surface area (Å²) in [6, 6.07) is 5.90. The fraction of sp³-hybridized carbons (Fsp3) is 0.600. The van der Waals surface area contributed by atoms with Crippen molar-refractivity contribution < 1.29 is 0 Å². The predicted octanol–water partition coefficient (Wildman–Crippen LogP) is 4.30. The zero-order chi connectivity index (χ0) is 12.7. The average Bonchev–Trinajstić information content (AvgIpc) is 3.08. The van der Waals surface area contributed by atoms with Crippen LogP contribution in [0.5, 0.6) is 0 Å². The Labute approximate surface area is 119 Å². The SMILES string of the molecule is NC(Cc1c(Cl)cccc1Cl)C1C2CCCCC21. The highest BCUT2D eigenvalue weighted by molar-refractivity contribution is 6.36. The molecule has 3 unspecified atom stereocenters. The highest BCUT2D eigenvalue weighted by Crippen LogP contribution is 2.57. The van der Waals surface area contributed by atoms with Gasteiger partial charge in [-0.1, -0.05) is 42.1 Å². The van der Waals surface area contributed by atoms with E-state index in [1.165, 1.54) is 25.7 Å². The van der Waals surface area contributed by atoms with Crippen LogP contribution in [-0.4, -0.2) is 6.04 Å². The quantitative estimate of drug-likeness (QED) is 0.880.